The Bertz CT molecular complexity index is 193. The minimum atomic E-state index is 0.0947. The molecule has 1 fully saturated rings. The third-order valence-corrected chi connectivity index (χ3v) is 3.10. The molecule has 94 valence electrons. The van der Waals surface area contributed by atoms with Gasteiger partial charge in [0.2, 0.25) is 0 Å². The summed E-state index contributed by atoms with van der Waals surface area (Å²) in [6.45, 7) is 8.01. The first-order valence-corrected chi connectivity index (χ1v) is 6.85. The molecule has 16 heavy (non-hydrogen) atoms. The molecule has 0 aromatic rings. The molecule has 1 aliphatic rings. The van der Waals surface area contributed by atoms with Gasteiger partial charge < -0.3 is 14.2 Å². The standard InChI is InChI=1S/C12H21BrO3/c1-2-6-14-8-12(10-16-11-12)9-15-7-4-3-5-13/h2H,1,3-11H2. The van der Waals surface area contributed by atoms with Crippen LogP contribution in [0.1, 0.15) is 12.8 Å². The predicted octanol–water partition coefficient (Wildman–Crippen LogP) is 2.40. The lowest BCUT2D eigenvalue weighted by Gasteiger charge is -2.40. The van der Waals surface area contributed by atoms with Crippen molar-refractivity contribution in [3.05, 3.63) is 12.7 Å². The second-order valence-corrected chi connectivity index (χ2v) is 5.04. The maximum Gasteiger partial charge on any atom is 0.0645 e. The second-order valence-electron chi connectivity index (χ2n) is 4.25. The lowest BCUT2D eigenvalue weighted by Crippen LogP contribution is -2.49. The van der Waals surface area contributed by atoms with Crippen LogP contribution in [0.5, 0.6) is 0 Å². The van der Waals surface area contributed by atoms with E-state index in [4.69, 9.17) is 14.2 Å². The first-order valence-electron chi connectivity index (χ1n) is 5.73. The van der Waals surface area contributed by atoms with Gasteiger partial charge >= 0.3 is 0 Å². The molecule has 0 radical (unpaired) electrons. The summed E-state index contributed by atoms with van der Waals surface area (Å²) in [5.74, 6) is 0. The molecule has 0 N–H and O–H groups in total. The van der Waals surface area contributed by atoms with Crippen LogP contribution in [0.3, 0.4) is 0 Å². The molecule has 0 unspecified atom stereocenters. The predicted molar refractivity (Wildman–Crippen MR) is 68.1 cm³/mol. The van der Waals surface area contributed by atoms with E-state index in [-0.39, 0.29) is 5.41 Å². The van der Waals surface area contributed by atoms with Gasteiger partial charge in [0.05, 0.1) is 38.4 Å². The van der Waals surface area contributed by atoms with Crippen molar-refractivity contribution in [2.45, 2.75) is 12.8 Å². The summed E-state index contributed by atoms with van der Waals surface area (Å²) >= 11 is 3.40. The Balaban J connectivity index is 2.07. The van der Waals surface area contributed by atoms with Gasteiger partial charge in [0.15, 0.2) is 0 Å². The molecule has 0 bridgehead atoms. The van der Waals surface area contributed by atoms with Crippen molar-refractivity contribution in [2.75, 3.05) is 45.0 Å². The van der Waals surface area contributed by atoms with Crippen molar-refractivity contribution >= 4 is 15.9 Å². The molecule has 0 aliphatic carbocycles. The van der Waals surface area contributed by atoms with Gasteiger partial charge in [0.25, 0.3) is 0 Å². The Hall–Kier alpha value is 0.100. The maximum atomic E-state index is 5.67. The quantitative estimate of drug-likeness (QED) is 0.352. The molecular formula is C12H21BrO3. The fourth-order valence-electron chi connectivity index (χ4n) is 1.55. The van der Waals surface area contributed by atoms with E-state index >= 15 is 0 Å². The van der Waals surface area contributed by atoms with Crippen molar-refractivity contribution in [3.8, 4) is 0 Å². The molecular weight excluding hydrogens is 272 g/mol. The zero-order valence-electron chi connectivity index (χ0n) is 9.75. The molecule has 0 saturated carbocycles. The highest BCUT2D eigenvalue weighted by molar-refractivity contribution is 9.09. The van der Waals surface area contributed by atoms with Gasteiger partial charge in [-0.3, -0.25) is 0 Å². The van der Waals surface area contributed by atoms with Gasteiger partial charge in [-0.25, -0.2) is 0 Å². The second kappa shape index (κ2) is 8.23. The van der Waals surface area contributed by atoms with Crippen LogP contribution < -0.4 is 0 Å². The monoisotopic (exact) mass is 292 g/mol. The average Bonchev–Trinajstić information content (AvgIpc) is 2.24. The molecule has 1 heterocycles. The topological polar surface area (TPSA) is 27.7 Å². The van der Waals surface area contributed by atoms with Crippen molar-refractivity contribution in [1.29, 1.82) is 0 Å². The molecule has 0 aromatic carbocycles. The van der Waals surface area contributed by atoms with Gasteiger partial charge in [-0.05, 0) is 12.8 Å². The Labute approximate surface area is 106 Å². The first kappa shape index (κ1) is 14.2. The Morgan fingerprint density at radius 2 is 2.00 bits per heavy atom. The van der Waals surface area contributed by atoms with E-state index in [9.17, 15) is 0 Å². The van der Waals surface area contributed by atoms with Gasteiger partial charge in [-0.15, -0.1) is 6.58 Å². The molecule has 1 saturated heterocycles. The van der Waals surface area contributed by atoms with E-state index in [1.54, 1.807) is 6.08 Å². The van der Waals surface area contributed by atoms with E-state index in [2.05, 4.69) is 22.5 Å². The third-order valence-electron chi connectivity index (χ3n) is 2.54. The summed E-state index contributed by atoms with van der Waals surface area (Å²) in [5, 5.41) is 1.05. The van der Waals surface area contributed by atoms with Crippen molar-refractivity contribution < 1.29 is 14.2 Å². The number of ether oxygens (including phenoxy) is 3. The van der Waals surface area contributed by atoms with Gasteiger partial charge in [0.1, 0.15) is 0 Å². The smallest absolute Gasteiger partial charge is 0.0645 e. The van der Waals surface area contributed by atoms with Gasteiger partial charge in [0, 0.05) is 11.9 Å². The van der Waals surface area contributed by atoms with Crippen LogP contribution in [0.4, 0.5) is 0 Å². The van der Waals surface area contributed by atoms with Crippen LogP contribution in [-0.4, -0.2) is 45.0 Å². The van der Waals surface area contributed by atoms with E-state index in [1.807, 2.05) is 0 Å². The summed E-state index contributed by atoms with van der Waals surface area (Å²) in [7, 11) is 0. The minimum Gasteiger partial charge on any atom is -0.381 e. The molecule has 0 spiro atoms. The van der Waals surface area contributed by atoms with Gasteiger partial charge in [-0.2, -0.15) is 0 Å². The number of rotatable bonds is 10. The Morgan fingerprint density at radius 1 is 1.25 bits per heavy atom. The number of alkyl halides is 1. The summed E-state index contributed by atoms with van der Waals surface area (Å²) in [4.78, 5) is 0. The maximum absolute atomic E-state index is 5.67. The summed E-state index contributed by atoms with van der Waals surface area (Å²) in [6, 6.07) is 0. The van der Waals surface area contributed by atoms with E-state index in [1.165, 1.54) is 0 Å². The lowest BCUT2D eigenvalue weighted by molar-refractivity contribution is -0.176. The highest BCUT2D eigenvalue weighted by Crippen LogP contribution is 2.28. The third kappa shape index (κ3) is 4.95. The minimum absolute atomic E-state index is 0.0947. The molecule has 1 rings (SSSR count). The van der Waals surface area contributed by atoms with E-state index < -0.39 is 0 Å². The number of halogens is 1. The average molecular weight is 293 g/mol. The zero-order valence-corrected chi connectivity index (χ0v) is 11.3. The fourth-order valence-corrected chi connectivity index (χ4v) is 1.94. The van der Waals surface area contributed by atoms with Crippen LogP contribution in [0.25, 0.3) is 0 Å². The first-order chi connectivity index (χ1) is 7.83. The highest BCUT2D eigenvalue weighted by Gasteiger charge is 2.39. The SMILES string of the molecule is C=CCOCC1(COCCCCBr)COC1. The Kier molecular flexibility index (Phi) is 7.28. The largest absolute Gasteiger partial charge is 0.381 e. The summed E-state index contributed by atoms with van der Waals surface area (Å²) in [6.07, 6.45) is 4.04. The van der Waals surface area contributed by atoms with Crippen molar-refractivity contribution in [3.63, 3.8) is 0 Å². The normalized spacial score (nSPS) is 18.1. The molecule has 0 amide bonds. The highest BCUT2D eigenvalue weighted by atomic mass is 79.9. The van der Waals surface area contributed by atoms with Crippen molar-refractivity contribution in [1.82, 2.24) is 0 Å². The van der Waals surface area contributed by atoms with Crippen LogP contribution in [-0.2, 0) is 14.2 Å². The van der Waals surface area contributed by atoms with Crippen LogP contribution in [0.15, 0.2) is 12.7 Å². The van der Waals surface area contributed by atoms with E-state index in [0.29, 0.717) is 13.2 Å². The van der Waals surface area contributed by atoms with Crippen LogP contribution >= 0.6 is 15.9 Å². The summed E-state index contributed by atoms with van der Waals surface area (Å²) in [5.41, 5.74) is 0.0947. The fraction of sp³-hybridized carbons (Fsp3) is 0.833. The van der Waals surface area contributed by atoms with Crippen LogP contribution in [0, 0.1) is 5.41 Å². The zero-order chi connectivity index (χ0) is 11.7. The molecule has 1 aliphatic heterocycles. The summed E-state index contributed by atoms with van der Waals surface area (Å²) < 4.78 is 16.4. The lowest BCUT2D eigenvalue weighted by atomic mass is 9.88. The van der Waals surface area contributed by atoms with Gasteiger partial charge in [-0.1, -0.05) is 22.0 Å². The molecule has 0 atom stereocenters. The number of hydrogen-bond acceptors (Lipinski definition) is 3. The molecule has 0 aromatic heterocycles. The van der Waals surface area contributed by atoms with E-state index in [0.717, 1.165) is 44.6 Å². The molecule has 3 nitrogen and oxygen atoms in total. The number of unbranched alkanes of at least 4 members (excludes halogenated alkanes) is 1. The van der Waals surface area contributed by atoms with Crippen molar-refractivity contribution in [2.24, 2.45) is 5.41 Å². The molecule has 4 heteroatoms. The number of hydrogen-bond donors (Lipinski definition) is 0. The van der Waals surface area contributed by atoms with Crippen LogP contribution in [0.2, 0.25) is 0 Å². The Morgan fingerprint density at radius 3 is 2.56 bits per heavy atom.